The number of hydrogen-bond acceptors (Lipinski definition) is 12. The summed E-state index contributed by atoms with van der Waals surface area (Å²) in [5.41, 5.74) is 4.07. The smallest absolute Gasteiger partial charge is 0.417 e. The van der Waals surface area contributed by atoms with Gasteiger partial charge in [-0.3, -0.25) is 19.3 Å². The Balaban J connectivity index is 1.17. The molecule has 3 aromatic rings. The van der Waals surface area contributed by atoms with Crippen LogP contribution >= 0.6 is 46.2 Å². The lowest BCUT2D eigenvalue weighted by Gasteiger charge is -2.49. The van der Waals surface area contributed by atoms with Crippen LogP contribution in [-0.2, 0) is 25.4 Å². The fraction of sp³-hybridized carbons (Fsp3) is 0.310. The molecule has 1 unspecified atom stereocenters. The first-order valence-corrected chi connectivity index (χ1v) is 17.7. The van der Waals surface area contributed by atoms with Crippen LogP contribution in [0.3, 0.4) is 0 Å². The van der Waals surface area contributed by atoms with Crippen LogP contribution in [0.4, 0.5) is 18.3 Å². The average molecular weight is 724 g/mol. The Bertz CT molecular complexity index is 1920. The lowest BCUT2D eigenvalue weighted by molar-refractivity contribution is -0.150. The number of benzene rings is 1. The molecule has 1 aliphatic carbocycles. The molecule has 246 valence electrons. The Kier molecular flexibility index (Phi) is 9.37. The molecule has 6 rings (SSSR count). The Morgan fingerprint density at radius 2 is 2.00 bits per heavy atom. The minimum absolute atomic E-state index is 0.136. The van der Waals surface area contributed by atoms with Crippen LogP contribution in [0.25, 0.3) is 10.1 Å². The number of amides is 2. The SMILES string of the molecule is Nc1nc(C(=NOC2CCCC2)C(=O)NC2C(=O)N3C(C(=O)O)=C(C=CSc4cc(=O)c5c(C(F)(F)F)cccc5s4)CS[C@@H]23)cs1. The number of carboxylic acids is 1. The number of aromatic nitrogens is 1. The average Bonchev–Trinajstić information content (AvgIpc) is 3.70. The topological polar surface area (TPSA) is 164 Å². The zero-order valence-corrected chi connectivity index (χ0v) is 27.2. The summed E-state index contributed by atoms with van der Waals surface area (Å²) in [7, 11) is 0. The van der Waals surface area contributed by atoms with E-state index in [1.807, 2.05) is 0 Å². The van der Waals surface area contributed by atoms with Crippen LogP contribution in [0.15, 0.2) is 66.6 Å². The Morgan fingerprint density at radius 1 is 1.23 bits per heavy atom. The van der Waals surface area contributed by atoms with Crippen molar-refractivity contribution in [2.45, 2.75) is 53.6 Å². The van der Waals surface area contributed by atoms with Crippen molar-refractivity contribution in [3.63, 3.8) is 0 Å². The molecule has 1 saturated carbocycles. The number of fused-ring (bicyclic) bond motifs is 2. The van der Waals surface area contributed by atoms with Crippen molar-refractivity contribution in [1.82, 2.24) is 15.2 Å². The van der Waals surface area contributed by atoms with Gasteiger partial charge in [-0.2, -0.15) is 13.2 Å². The molecule has 47 heavy (non-hydrogen) atoms. The van der Waals surface area contributed by atoms with E-state index in [0.29, 0.717) is 9.78 Å². The van der Waals surface area contributed by atoms with Gasteiger partial charge in [-0.05, 0) is 54.9 Å². The second-order valence-corrected chi connectivity index (χ2v) is 14.9. The summed E-state index contributed by atoms with van der Waals surface area (Å²) in [5, 5.41) is 18.9. The molecule has 0 spiro atoms. The summed E-state index contributed by atoms with van der Waals surface area (Å²) in [5.74, 6) is -2.52. The maximum absolute atomic E-state index is 13.4. The summed E-state index contributed by atoms with van der Waals surface area (Å²) >= 11 is 4.39. The van der Waals surface area contributed by atoms with Gasteiger partial charge in [-0.1, -0.05) is 23.0 Å². The number of allylic oxidation sites excluding steroid dienone is 1. The number of nitrogen functional groups attached to an aromatic ring is 1. The Labute approximate surface area is 280 Å². The van der Waals surface area contributed by atoms with Gasteiger partial charge in [0, 0.05) is 21.9 Å². The number of nitrogens with two attached hydrogens (primary N) is 1. The zero-order valence-electron chi connectivity index (χ0n) is 24.0. The van der Waals surface area contributed by atoms with Gasteiger partial charge in [0.15, 0.2) is 16.3 Å². The highest BCUT2D eigenvalue weighted by Crippen LogP contribution is 2.41. The number of halogens is 3. The molecule has 2 fully saturated rings. The van der Waals surface area contributed by atoms with Crippen molar-refractivity contribution in [3.05, 3.63) is 73.9 Å². The quantitative estimate of drug-likeness (QED) is 0.118. The monoisotopic (exact) mass is 723 g/mol. The molecular weight excluding hydrogens is 700 g/mol. The van der Waals surface area contributed by atoms with Crippen molar-refractivity contribution < 1.29 is 37.5 Å². The molecule has 1 saturated heterocycles. The van der Waals surface area contributed by atoms with Crippen molar-refractivity contribution >= 4 is 84.9 Å². The van der Waals surface area contributed by atoms with E-state index in [1.165, 1.54) is 35.4 Å². The summed E-state index contributed by atoms with van der Waals surface area (Å²) in [4.78, 5) is 62.3. The first-order valence-electron chi connectivity index (χ1n) is 14.1. The van der Waals surface area contributed by atoms with Crippen LogP contribution in [-0.4, -0.2) is 61.8 Å². The number of nitrogens with zero attached hydrogens (tertiary/aromatic N) is 3. The van der Waals surface area contributed by atoms with Gasteiger partial charge < -0.3 is 21.0 Å². The molecule has 11 nitrogen and oxygen atoms in total. The maximum Gasteiger partial charge on any atom is 0.417 e. The largest absolute Gasteiger partial charge is 0.477 e. The second-order valence-electron chi connectivity index (χ2n) is 10.6. The van der Waals surface area contributed by atoms with Gasteiger partial charge in [-0.25, -0.2) is 9.78 Å². The fourth-order valence-corrected chi connectivity index (χ4v) is 9.25. The summed E-state index contributed by atoms with van der Waals surface area (Å²) in [6.07, 6.45) is 0.257. The van der Waals surface area contributed by atoms with Gasteiger partial charge in [-0.15, -0.1) is 34.4 Å². The van der Waals surface area contributed by atoms with E-state index >= 15 is 0 Å². The number of oxime groups is 1. The summed E-state index contributed by atoms with van der Waals surface area (Å²) in [6.45, 7) is 0. The van der Waals surface area contributed by atoms with E-state index in [9.17, 15) is 37.5 Å². The molecule has 3 aliphatic rings. The van der Waals surface area contributed by atoms with Crippen molar-refractivity contribution in [2.24, 2.45) is 5.16 Å². The van der Waals surface area contributed by atoms with E-state index in [-0.39, 0.29) is 38.8 Å². The van der Waals surface area contributed by atoms with Crippen LogP contribution in [0.1, 0.15) is 36.9 Å². The standard InChI is InChI=1S/C29H24F3N5O6S4/c30-29(31,32)15-6-3-7-18-20(15)17(38)10-19(47-18)44-9-8-13-11-45-26-22(25(40)37(26)23(13)27(41)42)35-24(39)21(16-12-46-28(33)34-16)36-43-14-4-1-2-5-14/h3,6-10,12,14,22,26H,1-2,4-5,11H2,(H2,33,34)(H,35,39)(H,41,42)/t22?,26-/m0/s1. The van der Waals surface area contributed by atoms with Crippen molar-refractivity contribution in [3.8, 4) is 0 Å². The Morgan fingerprint density at radius 3 is 2.68 bits per heavy atom. The third kappa shape index (κ3) is 6.77. The minimum atomic E-state index is -4.68. The van der Waals surface area contributed by atoms with Crippen molar-refractivity contribution in [1.29, 1.82) is 0 Å². The number of carbonyl (C=O) groups is 3. The van der Waals surface area contributed by atoms with E-state index < -0.39 is 51.8 Å². The zero-order chi connectivity index (χ0) is 33.5. The lowest BCUT2D eigenvalue weighted by atomic mass is 10.0. The summed E-state index contributed by atoms with van der Waals surface area (Å²) in [6, 6.07) is 3.60. The molecule has 0 bridgehead atoms. The van der Waals surface area contributed by atoms with Crippen molar-refractivity contribution in [2.75, 3.05) is 11.5 Å². The Hall–Kier alpha value is -3.87. The van der Waals surface area contributed by atoms with Gasteiger partial charge in [0.2, 0.25) is 0 Å². The van der Waals surface area contributed by atoms with Gasteiger partial charge in [0.1, 0.15) is 28.9 Å². The second kappa shape index (κ2) is 13.3. The minimum Gasteiger partial charge on any atom is -0.477 e. The highest BCUT2D eigenvalue weighted by atomic mass is 32.2. The number of β-lactam (4-membered cyclic amide) rings is 1. The van der Waals surface area contributed by atoms with Crippen LogP contribution in [0.5, 0.6) is 0 Å². The molecule has 2 atom stereocenters. The maximum atomic E-state index is 13.4. The third-order valence-electron chi connectivity index (χ3n) is 7.55. The van der Waals surface area contributed by atoms with Crippen LogP contribution < -0.4 is 16.5 Å². The van der Waals surface area contributed by atoms with E-state index in [0.717, 1.165) is 77.2 Å². The number of carboxylic acid groups (broad SMARTS) is 1. The van der Waals surface area contributed by atoms with Gasteiger partial charge in [0.25, 0.3) is 11.8 Å². The molecule has 2 aliphatic heterocycles. The molecule has 0 radical (unpaired) electrons. The predicted octanol–water partition coefficient (Wildman–Crippen LogP) is 5.03. The summed E-state index contributed by atoms with van der Waals surface area (Å²) < 4.78 is 40.8. The molecule has 1 aromatic carbocycles. The highest BCUT2D eigenvalue weighted by Gasteiger charge is 2.54. The number of alkyl halides is 3. The fourth-order valence-electron chi connectivity index (χ4n) is 5.37. The predicted molar refractivity (Wildman–Crippen MR) is 174 cm³/mol. The third-order valence-corrected chi connectivity index (χ3v) is 11.6. The van der Waals surface area contributed by atoms with Gasteiger partial charge >= 0.3 is 12.1 Å². The van der Waals surface area contributed by atoms with Gasteiger partial charge in [0.05, 0.1) is 15.2 Å². The first-order chi connectivity index (χ1) is 22.4. The number of rotatable bonds is 9. The number of thiazole rings is 1. The normalized spacial score (nSPS) is 20.5. The van der Waals surface area contributed by atoms with Crippen LogP contribution in [0, 0.1) is 0 Å². The molecule has 4 heterocycles. The molecule has 18 heteroatoms. The number of anilines is 1. The number of nitrogens with one attached hydrogen (secondary N) is 1. The first kappa shape index (κ1) is 33.0. The number of carbonyl (C=O) groups excluding carboxylic acids is 2. The highest BCUT2D eigenvalue weighted by molar-refractivity contribution is 8.04. The lowest BCUT2D eigenvalue weighted by Crippen LogP contribution is -2.71. The van der Waals surface area contributed by atoms with E-state index in [4.69, 9.17) is 10.6 Å². The number of thioether (sulfide) groups is 2. The van der Waals surface area contributed by atoms with E-state index in [2.05, 4.69) is 15.5 Å². The number of hydrogen-bond donors (Lipinski definition) is 3. The van der Waals surface area contributed by atoms with Crippen LogP contribution in [0.2, 0.25) is 0 Å². The molecular formula is C29H24F3N5O6S4. The molecule has 2 aromatic heterocycles. The number of aliphatic carboxylic acids is 1. The molecule has 2 amide bonds. The molecule has 4 N–H and O–H groups in total. The van der Waals surface area contributed by atoms with E-state index in [1.54, 1.807) is 5.38 Å².